The van der Waals surface area contributed by atoms with Crippen LogP contribution in [-0.4, -0.2) is 57.9 Å². The van der Waals surface area contributed by atoms with Gasteiger partial charge in [0.15, 0.2) is 5.69 Å². The number of pyridine rings is 1. The van der Waals surface area contributed by atoms with E-state index in [1.165, 1.54) is 27.7 Å². The van der Waals surface area contributed by atoms with Gasteiger partial charge in [-0.05, 0) is 61.1 Å². The number of carbonyl (C=O) groups excluding carboxylic acids is 2. The van der Waals surface area contributed by atoms with Crippen LogP contribution < -0.4 is 11.6 Å². The number of amides is 1. The lowest BCUT2D eigenvalue weighted by atomic mass is 9.81. The van der Waals surface area contributed by atoms with E-state index in [0.29, 0.717) is 23.8 Å². The Balaban J connectivity index is 0.000000466. The molecule has 240 valence electrons. The molecule has 46 heavy (non-hydrogen) atoms. The average Bonchev–Trinajstić information content (AvgIpc) is 3.08. The zero-order valence-corrected chi connectivity index (χ0v) is 27.2. The number of aryl methyl sites for hydroxylation is 1. The summed E-state index contributed by atoms with van der Waals surface area (Å²) >= 11 is 6.23. The summed E-state index contributed by atoms with van der Waals surface area (Å²) in [5.74, 6) is 6.71. The maximum atomic E-state index is 12.6. The van der Waals surface area contributed by atoms with Gasteiger partial charge in [0.25, 0.3) is 6.34 Å². The van der Waals surface area contributed by atoms with Gasteiger partial charge in [0.05, 0.1) is 5.92 Å². The van der Waals surface area contributed by atoms with Gasteiger partial charge in [-0.25, -0.2) is 0 Å². The van der Waals surface area contributed by atoms with E-state index in [9.17, 15) is 9.59 Å². The van der Waals surface area contributed by atoms with Crippen molar-refractivity contribution in [3.63, 3.8) is 0 Å². The van der Waals surface area contributed by atoms with Crippen LogP contribution in [0.4, 0.5) is 5.69 Å². The molecule has 2 aliphatic rings. The smallest absolute Gasteiger partial charge is 0.258 e. The Hall–Kier alpha value is -4.53. The van der Waals surface area contributed by atoms with Crippen molar-refractivity contribution in [3.8, 4) is 11.1 Å². The van der Waals surface area contributed by atoms with Crippen molar-refractivity contribution in [1.82, 2.24) is 9.88 Å². The Morgan fingerprint density at radius 1 is 1.00 bits per heavy atom. The molecule has 0 bridgehead atoms. The lowest BCUT2D eigenvalue weighted by molar-refractivity contribution is -0.447. The zero-order chi connectivity index (χ0) is 33.1. The summed E-state index contributed by atoms with van der Waals surface area (Å²) < 4.78 is 1.36. The highest BCUT2D eigenvalue weighted by atomic mass is 35.5. The predicted molar refractivity (Wildman–Crippen MR) is 184 cm³/mol. The number of aromatic nitrogens is 1. The van der Waals surface area contributed by atoms with Gasteiger partial charge in [0.1, 0.15) is 5.78 Å². The first-order valence-electron chi connectivity index (χ1n) is 15.5. The summed E-state index contributed by atoms with van der Waals surface area (Å²) in [6, 6.07) is 28.4. The van der Waals surface area contributed by atoms with Crippen LogP contribution in [0, 0.1) is 12.8 Å². The first-order chi connectivity index (χ1) is 22.3. The number of nitrogens with two attached hydrogens (primary N) is 2. The number of aliphatic hydroxyl groups excluding tert-OH is 1. The van der Waals surface area contributed by atoms with E-state index in [0.717, 1.165) is 62.0 Å². The van der Waals surface area contributed by atoms with Crippen molar-refractivity contribution in [2.24, 2.45) is 17.5 Å². The molecule has 3 aromatic carbocycles. The molecule has 5 N–H and O–H groups in total. The van der Waals surface area contributed by atoms with Gasteiger partial charge in [-0.3, -0.25) is 26.1 Å². The van der Waals surface area contributed by atoms with E-state index in [2.05, 4.69) is 43.3 Å². The van der Waals surface area contributed by atoms with Crippen molar-refractivity contribution in [1.29, 1.82) is 0 Å². The molecule has 9 heteroatoms. The number of ketones is 1. The van der Waals surface area contributed by atoms with Gasteiger partial charge >= 0.3 is 0 Å². The predicted octanol–water partition coefficient (Wildman–Crippen LogP) is 5.79. The number of carbonyl (C=O) groups is 2. The molecule has 0 unspecified atom stereocenters. The molecule has 1 amide bonds. The number of nitrogens with zero attached hydrogens (tertiary/aromatic N) is 3. The van der Waals surface area contributed by atoms with Crippen molar-refractivity contribution in [2.75, 3.05) is 20.2 Å². The molecule has 2 fully saturated rings. The van der Waals surface area contributed by atoms with Crippen molar-refractivity contribution in [2.45, 2.75) is 44.9 Å². The number of hydrazine groups is 1. The largest absolute Gasteiger partial charge is 0.400 e. The SMILES string of the molecule is CO.Cc1ccccc1.N/C=[N+](\N)c1ccc(Cl)cc1-c1ccc(Cc2cccc(C3CCN(C(=O)C4CC(=O)C4)CC3)c2)nc1. The van der Waals surface area contributed by atoms with Crippen LogP contribution in [0.1, 0.15) is 54.0 Å². The summed E-state index contributed by atoms with van der Waals surface area (Å²) in [5.41, 5.74) is 12.9. The highest BCUT2D eigenvalue weighted by molar-refractivity contribution is 6.31. The Kier molecular flexibility index (Phi) is 12.5. The number of Topliss-reactive ketones (excluding diaryl/α,β-unsaturated/α-hetero) is 1. The Bertz CT molecular complexity index is 1630. The van der Waals surface area contributed by atoms with Crippen LogP contribution in [0.5, 0.6) is 0 Å². The van der Waals surface area contributed by atoms with Gasteiger partial charge in [-0.15, -0.1) is 4.68 Å². The standard InChI is InChI=1S/C29H30ClN5O2.C7H8.CH4O/c30-24-5-7-28(35(32)18-31)27(16-24)22-4-6-25(33-17-22)13-19-2-1-3-21(12-19)20-8-10-34(11-9-20)29(37)23-14-26(36)15-23;1-7-5-3-2-4-6-7;1-2/h1-7,12,16-18,20,23,31H,8-11,13-15,32H2;2-6H,1H3;2H,1H3/p+1. The summed E-state index contributed by atoms with van der Waals surface area (Å²) in [4.78, 5) is 30.5. The molecule has 1 saturated carbocycles. The van der Waals surface area contributed by atoms with Crippen LogP contribution in [0.15, 0.2) is 91.1 Å². The first kappa shape index (κ1) is 34.3. The van der Waals surface area contributed by atoms with Crippen molar-refractivity contribution < 1.29 is 19.4 Å². The van der Waals surface area contributed by atoms with Crippen LogP contribution in [-0.2, 0) is 16.0 Å². The number of likely N-dealkylation sites (tertiary alicyclic amines) is 1. The molecule has 1 saturated heterocycles. The number of hydrogen-bond acceptors (Lipinski definition) is 5. The van der Waals surface area contributed by atoms with E-state index in [1.807, 2.05) is 53.6 Å². The third-order valence-corrected chi connectivity index (χ3v) is 8.62. The van der Waals surface area contributed by atoms with Gasteiger partial charge in [0, 0.05) is 67.5 Å². The van der Waals surface area contributed by atoms with Gasteiger partial charge in [0.2, 0.25) is 5.91 Å². The summed E-state index contributed by atoms with van der Waals surface area (Å²) in [5, 5.41) is 7.61. The quantitative estimate of drug-likeness (QED) is 0.0806. The molecular formula is C37H43ClN5O3+. The fraction of sp³-hybridized carbons (Fsp3) is 0.297. The van der Waals surface area contributed by atoms with Crippen LogP contribution in [0.3, 0.4) is 0 Å². The molecule has 0 radical (unpaired) electrons. The van der Waals surface area contributed by atoms with E-state index in [-0.39, 0.29) is 17.6 Å². The normalized spacial score (nSPS) is 15.2. The van der Waals surface area contributed by atoms with Crippen LogP contribution in [0.25, 0.3) is 11.1 Å². The summed E-state index contributed by atoms with van der Waals surface area (Å²) in [7, 11) is 1.00. The number of hydrazone groups is 1. The molecule has 1 aliphatic carbocycles. The third kappa shape index (κ3) is 9.02. The number of halogens is 1. The van der Waals surface area contributed by atoms with E-state index >= 15 is 0 Å². The number of piperidine rings is 1. The minimum absolute atomic E-state index is 0.0787. The molecule has 6 rings (SSSR count). The monoisotopic (exact) mass is 640 g/mol. The number of benzene rings is 3. The summed E-state index contributed by atoms with van der Waals surface area (Å²) in [6.07, 6.45) is 6.61. The number of hydrogen-bond donors (Lipinski definition) is 3. The third-order valence-electron chi connectivity index (χ3n) is 8.39. The van der Waals surface area contributed by atoms with E-state index in [1.54, 1.807) is 6.07 Å². The maximum Gasteiger partial charge on any atom is 0.258 e. The average molecular weight is 641 g/mol. The minimum Gasteiger partial charge on any atom is -0.400 e. The molecule has 0 atom stereocenters. The minimum atomic E-state index is -0.0787. The zero-order valence-electron chi connectivity index (χ0n) is 26.5. The first-order valence-corrected chi connectivity index (χ1v) is 15.9. The lowest BCUT2D eigenvalue weighted by Crippen LogP contribution is -2.45. The Labute approximate surface area is 276 Å². The maximum absolute atomic E-state index is 12.6. The number of aliphatic hydroxyl groups is 1. The van der Waals surface area contributed by atoms with Crippen LogP contribution in [0.2, 0.25) is 5.02 Å². The van der Waals surface area contributed by atoms with E-state index in [4.69, 9.17) is 33.3 Å². The lowest BCUT2D eigenvalue weighted by Gasteiger charge is -2.36. The Morgan fingerprint density at radius 3 is 2.30 bits per heavy atom. The molecular weight excluding hydrogens is 598 g/mol. The second-order valence-corrected chi connectivity index (χ2v) is 12.0. The number of rotatable bonds is 6. The second-order valence-electron chi connectivity index (χ2n) is 11.6. The van der Waals surface area contributed by atoms with Crippen molar-refractivity contribution >= 4 is 35.3 Å². The van der Waals surface area contributed by atoms with E-state index < -0.39 is 0 Å². The molecule has 1 aliphatic heterocycles. The topological polar surface area (TPSA) is 126 Å². The molecule has 2 heterocycles. The molecule has 0 spiro atoms. The van der Waals surface area contributed by atoms with Crippen molar-refractivity contribution in [3.05, 3.63) is 119 Å². The summed E-state index contributed by atoms with van der Waals surface area (Å²) in [6.45, 7) is 3.60. The highest BCUT2D eigenvalue weighted by Crippen LogP contribution is 2.33. The second kappa shape index (κ2) is 16.7. The van der Waals surface area contributed by atoms with Gasteiger partial charge in [-0.1, -0.05) is 77.8 Å². The fourth-order valence-corrected chi connectivity index (χ4v) is 5.96. The molecule has 1 aromatic heterocycles. The Morgan fingerprint density at radius 2 is 1.72 bits per heavy atom. The molecule has 4 aromatic rings. The van der Waals surface area contributed by atoms with Gasteiger partial charge in [-0.2, -0.15) is 0 Å². The van der Waals surface area contributed by atoms with Gasteiger partial charge < -0.3 is 10.0 Å². The highest BCUT2D eigenvalue weighted by Gasteiger charge is 2.36. The van der Waals surface area contributed by atoms with Crippen LogP contribution >= 0.6 is 11.6 Å². The molecule has 8 nitrogen and oxygen atoms in total. The fourth-order valence-electron chi connectivity index (χ4n) is 5.79.